The third-order valence-corrected chi connectivity index (χ3v) is 2.42. The van der Waals surface area contributed by atoms with Crippen LogP contribution >= 0.6 is 0 Å². The van der Waals surface area contributed by atoms with Gasteiger partial charge in [0.1, 0.15) is 6.33 Å². The van der Waals surface area contributed by atoms with E-state index >= 15 is 0 Å². The molecule has 2 rings (SSSR count). The summed E-state index contributed by atoms with van der Waals surface area (Å²) in [7, 11) is 2.08. The molecule has 0 aromatic carbocycles. The first kappa shape index (κ1) is 9.21. The first-order valence-corrected chi connectivity index (χ1v) is 4.70. The van der Waals surface area contributed by atoms with Gasteiger partial charge in [0.05, 0.1) is 0 Å². The third kappa shape index (κ3) is 1.93. The van der Waals surface area contributed by atoms with Crippen LogP contribution in [-0.2, 0) is 0 Å². The van der Waals surface area contributed by atoms with Crippen molar-refractivity contribution in [1.82, 2.24) is 19.8 Å². The van der Waals surface area contributed by atoms with Crippen LogP contribution in [-0.4, -0.2) is 47.2 Å². The fourth-order valence-electron chi connectivity index (χ4n) is 1.66. The smallest absolute Gasteiger partial charge is 0.326 e. The molecule has 2 heterocycles. The number of hydrogen-bond donors (Lipinski definition) is 1. The van der Waals surface area contributed by atoms with E-state index in [2.05, 4.69) is 22.2 Å². The van der Waals surface area contributed by atoms with Crippen LogP contribution in [0.2, 0.25) is 0 Å². The van der Waals surface area contributed by atoms with Crippen LogP contribution in [0.15, 0.2) is 18.7 Å². The summed E-state index contributed by atoms with van der Waals surface area (Å²) < 4.78 is 1.45. The number of imidazole rings is 1. The SMILES string of the molecule is CN1CC(CNC(=O)n2ccnc2)C1. The highest BCUT2D eigenvalue weighted by Gasteiger charge is 2.23. The average molecular weight is 194 g/mol. The Morgan fingerprint density at radius 2 is 2.43 bits per heavy atom. The third-order valence-electron chi connectivity index (χ3n) is 2.42. The molecule has 1 aromatic heterocycles. The molecule has 1 aliphatic rings. The van der Waals surface area contributed by atoms with E-state index in [0.29, 0.717) is 5.92 Å². The van der Waals surface area contributed by atoms with Gasteiger partial charge in [0.2, 0.25) is 0 Å². The number of likely N-dealkylation sites (tertiary alicyclic amines) is 1. The van der Waals surface area contributed by atoms with Crippen molar-refractivity contribution in [3.05, 3.63) is 18.7 Å². The van der Waals surface area contributed by atoms with Crippen LogP contribution in [0.4, 0.5) is 4.79 Å². The van der Waals surface area contributed by atoms with Crippen LogP contribution in [0.25, 0.3) is 0 Å². The van der Waals surface area contributed by atoms with Gasteiger partial charge in [0.25, 0.3) is 0 Å². The van der Waals surface area contributed by atoms with Crippen molar-refractivity contribution in [2.75, 3.05) is 26.7 Å². The van der Waals surface area contributed by atoms with E-state index in [4.69, 9.17) is 0 Å². The molecule has 1 N–H and O–H groups in total. The minimum atomic E-state index is -0.1000. The summed E-state index contributed by atoms with van der Waals surface area (Å²) in [6.45, 7) is 2.90. The van der Waals surface area contributed by atoms with E-state index < -0.39 is 0 Å². The van der Waals surface area contributed by atoms with Crippen LogP contribution < -0.4 is 5.32 Å². The molecule has 5 heteroatoms. The number of amides is 1. The van der Waals surface area contributed by atoms with Crippen LogP contribution in [0, 0.1) is 5.92 Å². The lowest BCUT2D eigenvalue weighted by atomic mass is 10.0. The zero-order valence-electron chi connectivity index (χ0n) is 8.18. The Morgan fingerprint density at radius 3 is 3.00 bits per heavy atom. The lowest BCUT2D eigenvalue weighted by Crippen LogP contribution is -2.49. The number of nitrogens with one attached hydrogen (secondary N) is 1. The first-order valence-electron chi connectivity index (χ1n) is 4.70. The van der Waals surface area contributed by atoms with Gasteiger partial charge >= 0.3 is 6.03 Å². The molecule has 1 aliphatic heterocycles. The van der Waals surface area contributed by atoms with E-state index in [1.807, 2.05) is 0 Å². The standard InChI is InChI=1S/C9H14N4O/c1-12-5-8(6-12)4-11-9(14)13-3-2-10-7-13/h2-3,7-8H,4-6H2,1H3,(H,11,14). The molecule has 0 unspecified atom stereocenters. The van der Waals surface area contributed by atoms with Crippen molar-refractivity contribution in [2.24, 2.45) is 5.92 Å². The second kappa shape index (κ2) is 3.79. The fraction of sp³-hybridized carbons (Fsp3) is 0.556. The van der Waals surface area contributed by atoms with E-state index in [1.54, 1.807) is 12.4 Å². The van der Waals surface area contributed by atoms with Gasteiger partial charge in [-0.15, -0.1) is 0 Å². The van der Waals surface area contributed by atoms with Crippen molar-refractivity contribution < 1.29 is 4.79 Å². The number of nitrogens with zero attached hydrogens (tertiary/aromatic N) is 3. The largest absolute Gasteiger partial charge is 0.337 e. The lowest BCUT2D eigenvalue weighted by molar-refractivity contribution is 0.134. The Morgan fingerprint density at radius 1 is 1.64 bits per heavy atom. The molecule has 0 spiro atoms. The molecule has 1 saturated heterocycles. The van der Waals surface area contributed by atoms with Gasteiger partial charge in [0, 0.05) is 37.9 Å². The maximum atomic E-state index is 11.4. The molecule has 5 nitrogen and oxygen atoms in total. The predicted molar refractivity (Wildman–Crippen MR) is 52.0 cm³/mol. The predicted octanol–water partition coefficient (Wildman–Crippen LogP) is 0.00240. The van der Waals surface area contributed by atoms with Crippen molar-refractivity contribution >= 4 is 6.03 Å². The van der Waals surface area contributed by atoms with Gasteiger partial charge in [-0.3, -0.25) is 4.57 Å². The summed E-state index contributed by atoms with van der Waals surface area (Å²) >= 11 is 0. The monoisotopic (exact) mass is 194 g/mol. The van der Waals surface area contributed by atoms with Crippen LogP contribution in [0.3, 0.4) is 0 Å². The van der Waals surface area contributed by atoms with E-state index in [-0.39, 0.29) is 6.03 Å². The van der Waals surface area contributed by atoms with E-state index in [9.17, 15) is 4.79 Å². The van der Waals surface area contributed by atoms with Gasteiger partial charge in [-0.05, 0) is 7.05 Å². The van der Waals surface area contributed by atoms with Crippen molar-refractivity contribution in [1.29, 1.82) is 0 Å². The maximum Gasteiger partial charge on any atom is 0.326 e. The number of carbonyl (C=O) groups is 1. The minimum absolute atomic E-state index is 0.1000. The molecule has 1 aromatic rings. The van der Waals surface area contributed by atoms with Gasteiger partial charge in [-0.25, -0.2) is 9.78 Å². The lowest BCUT2D eigenvalue weighted by Gasteiger charge is -2.36. The summed E-state index contributed by atoms with van der Waals surface area (Å²) in [5.74, 6) is 0.604. The topological polar surface area (TPSA) is 50.2 Å². The zero-order valence-corrected chi connectivity index (χ0v) is 8.18. The second-order valence-corrected chi connectivity index (χ2v) is 3.74. The summed E-state index contributed by atoms with van der Waals surface area (Å²) in [5, 5.41) is 2.86. The molecule has 0 bridgehead atoms. The first-order chi connectivity index (χ1) is 6.75. The van der Waals surface area contributed by atoms with Gasteiger partial charge in [0.15, 0.2) is 0 Å². The Hall–Kier alpha value is -1.36. The molecule has 76 valence electrons. The Labute approximate surface area is 82.7 Å². The highest BCUT2D eigenvalue weighted by atomic mass is 16.2. The van der Waals surface area contributed by atoms with Crippen molar-refractivity contribution in [3.63, 3.8) is 0 Å². The van der Waals surface area contributed by atoms with Crippen molar-refractivity contribution in [2.45, 2.75) is 0 Å². The number of hydrogen-bond acceptors (Lipinski definition) is 3. The molecule has 1 fully saturated rings. The molecular weight excluding hydrogens is 180 g/mol. The fourth-order valence-corrected chi connectivity index (χ4v) is 1.66. The quantitative estimate of drug-likeness (QED) is 0.721. The highest BCUT2D eigenvalue weighted by molar-refractivity contribution is 5.76. The van der Waals surface area contributed by atoms with Gasteiger partial charge in [-0.2, -0.15) is 0 Å². The summed E-state index contributed by atoms with van der Waals surface area (Å²) in [5.41, 5.74) is 0. The van der Waals surface area contributed by atoms with E-state index in [1.165, 1.54) is 10.9 Å². The number of aromatic nitrogens is 2. The second-order valence-electron chi connectivity index (χ2n) is 3.74. The van der Waals surface area contributed by atoms with E-state index in [0.717, 1.165) is 19.6 Å². The number of carbonyl (C=O) groups excluding carboxylic acids is 1. The molecule has 14 heavy (non-hydrogen) atoms. The Kier molecular flexibility index (Phi) is 2.49. The maximum absolute atomic E-state index is 11.4. The molecular formula is C9H14N4O. The number of rotatable bonds is 2. The minimum Gasteiger partial charge on any atom is -0.337 e. The van der Waals surface area contributed by atoms with Gasteiger partial charge < -0.3 is 10.2 Å². The Balaban J connectivity index is 1.74. The zero-order chi connectivity index (χ0) is 9.97. The summed E-state index contributed by atoms with van der Waals surface area (Å²) in [4.78, 5) is 17.5. The average Bonchev–Trinajstić information content (AvgIpc) is 2.62. The van der Waals surface area contributed by atoms with Crippen molar-refractivity contribution in [3.8, 4) is 0 Å². The molecule has 0 atom stereocenters. The molecule has 0 radical (unpaired) electrons. The van der Waals surface area contributed by atoms with Gasteiger partial charge in [-0.1, -0.05) is 0 Å². The Bertz CT molecular complexity index is 303. The molecule has 0 saturated carbocycles. The molecule has 1 amide bonds. The summed E-state index contributed by atoms with van der Waals surface area (Å²) in [6.07, 6.45) is 4.74. The normalized spacial score (nSPS) is 17.8. The summed E-state index contributed by atoms with van der Waals surface area (Å²) in [6, 6.07) is -0.1000. The van der Waals surface area contributed by atoms with Crippen LogP contribution in [0.5, 0.6) is 0 Å². The van der Waals surface area contributed by atoms with Crippen LogP contribution in [0.1, 0.15) is 0 Å². The molecule has 0 aliphatic carbocycles. The highest BCUT2D eigenvalue weighted by Crippen LogP contribution is 2.10.